The number of benzene rings is 2. The fourth-order valence-electron chi connectivity index (χ4n) is 7.78. The first-order valence-electron chi connectivity index (χ1n) is 24.9. The van der Waals surface area contributed by atoms with Gasteiger partial charge in [0, 0.05) is 18.9 Å². The average molecular weight is 1120 g/mol. The minimum atomic E-state index is -2.08. The Morgan fingerprint density at radius 1 is 0.562 bits per heavy atom. The lowest BCUT2D eigenvalue weighted by Gasteiger charge is -2.36. The summed E-state index contributed by atoms with van der Waals surface area (Å²) in [5, 5.41) is 35.7. The number of rotatable bonds is 37. The molecule has 3 rings (SSSR count). The normalized spacial score (nSPS) is 16.0. The quantitative estimate of drug-likeness (QED) is 0.0133. The van der Waals surface area contributed by atoms with Crippen molar-refractivity contribution in [1.29, 1.82) is 0 Å². The Labute approximate surface area is 459 Å². The van der Waals surface area contributed by atoms with Crippen LogP contribution in [-0.2, 0) is 71.8 Å². The van der Waals surface area contributed by atoms with Crippen molar-refractivity contribution >= 4 is 85.3 Å². The number of amides is 6. The van der Waals surface area contributed by atoms with E-state index in [0.29, 0.717) is 31.4 Å². The van der Waals surface area contributed by atoms with Gasteiger partial charge in [-0.25, -0.2) is 9.59 Å². The molecule has 0 saturated carbocycles. The minimum absolute atomic E-state index is 0.189. The molecule has 12 atom stereocenters. The molecule has 0 spiro atoms. The smallest absolute Gasteiger partial charge is 0.408 e. The third-order valence-electron chi connectivity index (χ3n) is 11.8. The number of methoxy groups -OCH3 is 1. The first kappa shape index (κ1) is 65.8. The molecule has 2 aromatic carbocycles. The number of fused-ring (bicyclic) bond motifs is 3. The van der Waals surface area contributed by atoms with Gasteiger partial charge in [0.2, 0.25) is 0 Å². The fraction of sp³-hybridized carbons (Fsp3) is 0.451. The highest BCUT2D eigenvalue weighted by Gasteiger charge is 2.39. The minimum Gasteiger partial charge on any atom is -0.481 e. The SMILES string of the molecule is C=CCN(C(=O)[C@@H](NC(=O)OCC1c2ccccc2-c2ccccc21)N[C@@H](C)C=O)[C@@H](N[C@@H](C)C=O)C(=O)N[C@@H](N[C@@H](C)C=O)C(=O)N[C@@H](N[C@@H](C)C=O)C(=O)N[C@@H](N[C@@H](C=O)CCC(=O)O)C(=O)N[C@@H](N[C@@H](C)C=O)C(=O)OC. The molecule has 0 aromatic heterocycles. The third-order valence-corrected chi connectivity index (χ3v) is 11.8. The van der Waals surface area contributed by atoms with Gasteiger partial charge in [-0.2, -0.15) is 0 Å². The Kier molecular flexibility index (Phi) is 27.2. The van der Waals surface area contributed by atoms with E-state index in [9.17, 15) is 72.2 Å². The molecule has 1 aliphatic carbocycles. The number of nitrogens with one attached hydrogen (secondary N) is 11. The number of ether oxygens (including phenoxy) is 2. The molecule has 29 heteroatoms. The van der Waals surface area contributed by atoms with Crippen molar-refractivity contribution in [2.45, 2.75) is 127 Å². The monoisotopic (exact) mass is 1120 g/mol. The zero-order valence-electron chi connectivity index (χ0n) is 44.6. The van der Waals surface area contributed by atoms with Crippen molar-refractivity contribution in [3.05, 3.63) is 72.3 Å². The molecule has 12 N–H and O–H groups in total. The Bertz CT molecular complexity index is 2530. The van der Waals surface area contributed by atoms with E-state index in [1.807, 2.05) is 48.5 Å². The molecule has 29 nitrogen and oxygen atoms in total. The van der Waals surface area contributed by atoms with Gasteiger partial charge in [-0.3, -0.25) is 66.0 Å². The molecule has 0 heterocycles. The molecule has 2 aromatic rings. The van der Waals surface area contributed by atoms with Crippen molar-refractivity contribution in [3.8, 4) is 11.1 Å². The number of carboxylic acid groups (broad SMARTS) is 1. The lowest BCUT2D eigenvalue weighted by molar-refractivity contribution is -0.147. The maximum atomic E-state index is 14.7. The van der Waals surface area contributed by atoms with Crippen LogP contribution in [0.5, 0.6) is 0 Å². The Morgan fingerprint density at radius 2 is 0.975 bits per heavy atom. The van der Waals surface area contributed by atoms with Gasteiger partial charge < -0.3 is 69.5 Å². The first-order valence-corrected chi connectivity index (χ1v) is 24.9. The molecule has 0 aliphatic heterocycles. The van der Waals surface area contributed by atoms with E-state index in [0.717, 1.165) is 34.3 Å². The van der Waals surface area contributed by atoms with Crippen LogP contribution in [0.3, 0.4) is 0 Å². The number of nitrogens with zero attached hydrogens (tertiary/aromatic N) is 1. The number of aliphatic carboxylic acids is 1. The molecular weight excluding hydrogens is 1050 g/mol. The predicted octanol–water partition coefficient (Wildman–Crippen LogP) is -3.96. The van der Waals surface area contributed by atoms with Crippen LogP contribution in [0, 0.1) is 0 Å². The number of carbonyl (C=O) groups is 14. The summed E-state index contributed by atoms with van der Waals surface area (Å²) in [6, 6.07) is 7.62. The largest absolute Gasteiger partial charge is 0.481 e. The van der Waals surface area contributed by atoms with Gasteiger partial charge in [-0.05, 0) is 63.3 Å². The number of hydrogen-bond donors (Lipinski definition) is 12. The molecular formula is C51H68N12O17. The van der Waals surface area contributed by atoms with E-state index in [4.69, 9.17) is 4.74 Å². The van der Waals surface area contributed by atoms with Crippen molar-refractivity contribution in [2.24, 2.45) is 0 Å². The van der Waals surface area contributed by atoms with Gasteiger partial charge >= 0.3 is 18.0 Å². The molecule has 1 aliphatic rings. The summed E-state index contributed by atoms with van der Waals surface area (Å²) in [5.74, 6) is -9.28. The van der Waals surface area contributed by atoms with Crippen LogP contribution < -0.4 is 58.5 Å². The molecule has 6 amide bonds. The predicted molar refractivity (Wildman–Crippen MR) is 281 cm³/mol. The first-order chi connectivity index (χ1) is 38.1. The number of carboxylic acids is 1. The van der Waals surface area contributed by atoms with Gasteiger partial charge in [0.05, 0.1) is 43.4 Å². The molecule has 0 radical (unpaired) electrons. The van der Waals surface area contributed by atoms with Crippen LogP contribution in [-0.4, -0.2) is 189 Å². The molecule has 434 valence electrons. The van der Waals surface area contributed by atoms with Crippen LogP contribution in [0.2, 0.25) is 0 Å². The van der Waals surface area contributed by atoms with E-state index in [2.05, 4.69) is 69.8 Å². The lowest BCUT2D eigenvalue weighted by atomic mass is 9.98. The van der Waals surface area contributed by atoms with E-state index in [1.165, 1.54) is 40.7 Å². The van der Waals surface area contributed by atoms with Crippen molar-refractivity contribution in [3.63, 3.8) is 0 Å². The van der Waals surface area contributed by atoms with E-state index >= 15 is 0 Å². The molecule has 0 unspecified atom stereocenters. The second-order valence-electron chi connectivity index (χ2n) is 18.2. The van der Waals surface area contributed by atoms with Crippen molar-refractivity contribution in [2.75, 3.05) is 20.3 Å². The lowest BCUT2D eigenvalue weighted by Crippen LogP contribution is -2.70. The summed E-state index contributed by atoms with van der Waals surface area (Å²) in [4.78, 5) is 181. The highest BCUT2D eigenvalue weighted by Crippen LogP contribution is 2.44. The highest BCUT2D eigenvalue weighted by molar-refractivity contribution is 5.97. The Balaban J connectivity index is 2.01. The van der Waals surface area contributed by atoms with E-state index in [-0.39, 0.29) is 12.9 Å². The number of carbonyl (C=O) groups excluding carboxylic acids is 13. The Hall–Kier alpha value is -8.48. The third kappa shape index (κ3) is 19.8. The van der Waals surface area contributed by atoms with Crippen LogP contribution >= 0.6 is 0 Å². The number of hydrogen-bond acceptors (Lipinski definition) is 22. The van der Waals surface area contributed by atoms with E-state index < -0.39 is 146 Å². The van der Waals surface area contributed by atoms with E-state index in [1.54, 1.807) is 0 Å². The zero-order chi connectivity index (χ0) is 59.6. The van der Waals surface area contributed by atoms with Gasteiger partial charge in [0.1, 0.15) is 44.3 Å². The fourth-order valence-corrected chi connectivity index (χ4v) is 7.78. The standard InChI is InChI=1S/C51H68N12O17/c1-8-19-63(49(76)42(54-29(4)22-66)62-51(78)80-26-37-35-15-11-9-13-33(35)34-14-10-12-16-36(34)37)44(56-31(6)24-68)48(75)60-40(53-28(3)21-65)46(73)58-39(52-27(2)20-64)45(72)59-41(57-32(25-69)17-18-38(70)71)47(74)61-43(50(77)79-7)55-30(5)23-67/h8-16,20-25,27-32,37,39-44,52-57H,1,17-19,26H2,2-7H3,(H,58,73)(H,59,72)(H,60,75)(H,61,74)(H,62,78)(H,70,71)/t27-,28-,29-,30-,31-,32+,39+,40+,41+,42+,43+,44+/m0/s1. The highest BCUT2D eigenvalue weighted by atomic mass is 16.5. The summed E-state index contributed by atoms with van der Waals surface area (Å²) in [7, 11) is 0.952. The number of esters is 1. The topological polar surface area (TPSA) is 413 Å². The van der Waals surface area contributed by atoms with Crippen molar-refractivity contribution in [1.82, 2.24) is 63.4 Å². The average Bonchev–Trinajstić information content (AvgIpc) is 3.80. The van der Waals surface area contributed by atoms with Crippen molar-refractivity contribution < 1.29 is 81.7 Å². The second-order valence-corrected chi connectivity index (χ2v) is 18.2. The van der Waals surface area contributed by atoms with Gasteiger partial charge in [0.25, 0.3) is 29.5 Å². The molecule has 0 fully saturated rings. The zero-order valence-corrected chi connectivity index (χ0v) is 44.6. The van der Waals surface area contributed by atoms with Crippen LogP contribution in [0.25, 0.3) is 11.1 Å². The summed E-state index contributed by atoms with van der Waals surface area (Å²) in [6.45, 7) is 9.41. The number of alkyl carbamates (subject to hydrolysis) is 1. The van der Waals surface area contributed by atoms with Gasteiger partial charge in [-0.15, -0.1) is 6.58 Å². The molecule has 0 bridgehead atoms. The van der Waals surface area contributed by atoms with Crippen LogP contribution in [0.4, 0.5) is 4.79 Å². The van der Waals surface area contributed by atoms with Gasteiger partial charge in [0.15, 0.2) is 37.0 Å². The maximum Gasteiger partial charge on any atom is 0.408 e. The summed E-state index contributed by atoms with van der Waals surface area (Å²) in [5.41, 5.74) is 3.64. The maximum absolute atomic E-state index is 14.7. The Morgan fingerprint density at radius 3 is 1.41 bits per heavy atom. The summed E-state index contributed by atoms with van der Waals surface area (Å²) in [6.07, 6.45) is -10.8. The molecule has 0 saturated heterocycles. The number of aldehydes is 6. The van der Waals surface area contributed by atoms with Crippen LogP contribution in [0.1, 0.15) is 64.5 Å². The van der Waals surface area contributed by atoms with Crippen LogP contribution in [0.15, 0.2) is 61.2 Å². The summed E-state index contributed by atoms with van der Waals surface area (Å²) >= 11 is 0. The van der Waals surface area contributed by atoms with Gasteiger partial charge in [-0.1, -0.05) is 54.6 Å². The second kappa shape index (κ2) is 33.1. The summed E-state index contributed by atoms with van der Waals surface area (Å²) < 4.78 is 10.3. The molecule has 80 heavy (non-hydrogen) atoms.